The predicted molar refractivity (Wildman–Crippen MR) is 58.1 cm³/mol. The fraction of sp³-hybridized carbons (Fsp3) is 0.182. The lowest BCUT2D eigenvalue weighted by atomic mass is 10.2. The van der Waals surface area contributed by atoms with Gasteiger partial charge in [-0.25, -0.2) is 0 Å². The molecular weight excluding hydrogens is 192 g/mol. The number of carbonyl (C=O) groups is 1. The lowest BCUT2D eigenvalue weighted by molar-refractivity contribution is -0.117. The number of nitrogens with two attached hydrogens (primary N) is 2. The predicted octanol–water partition coefficient (Wildman–Crippen LogP) is 0.504. The number of hydrogen-bond acceptors (Lipinski definition) is 3. The summed E-state index contributed by atoms with van der Waals surface area (Å²) in [5, 5.41) is 0. The van der Waals surface area contributed by atoms with Crippen LogP contribution in [-0.2, 0) is 4.79 Å². The van der Waals surface area contributed by atoms with Gasteiger partial charge in [-0.15, -0.1) is 0 Å². The van der Waals surface area contributed by atoms with Crippen molar-refractivity contribution in [1.29, 1.82) is 0 Å². The van der Waals surface area contributed by atoms with Crippen molar-refractivity contribution in [1.82, 2.24) is 0 Å². The second-order valence-electron chi connectivity index (χ2n) is 2.90. The molecule has 4 heteroatoms. The van der Waals surface area contributed by atoms with Crippen LogP contribution in [0.2, 0.25) is 0 Å². The largest absolute Gasteiger partial charge is 0.495 e. The van der Waals surface area contributed by atoms with Gasteiger partial charge in [0.25, 0.3) is 0 Å². The summed E-state index contributed by atoms with van der Waals surface area (Å²) in [4.78, 5) is 10.5. The van der Waals surface area contributed by atoms with Gasteiger partial charge in [-0.2, -0.15) is 0 Å². The molecular formula is C11H12N2O2. The maximum absolute atomic E-state index is 10.5. The monoisotopic (exact) mass is 204 g/mol. The fourth-order valence-electron chi connectivity index (χ4n) is 1.04. The van der Waals surface area contributed by atoms with Gasteiger partial charge in [0.1, 0.15) is 5.75 Å². The molecule has 15 heavy (non-hydrogen) atoms. The number of benzene rings is 1. The van der Waals surface area contributed by atoms with Crippen molar-refractivity contribution in [2.24, 2.45) is 5.73 Å². The molecule has 0 bridgehead atoms. The van der Waals surface area contributed by atoms with E-state index in [2.05, 4.69) is 11.8 Å². The molecule has 0 unspecified atom stereocenters. The van der Waals surface area contributed by atoms with Crippen LogP contribution in [-0.4, -0.2) is 13.0 Å². The summed E-state index contributed by atoms with van der Waals surface area (Å²) in [6, 6.07) is 5.13. The van der Waals surface area contributed by atoms with E-state index in [1.165, 1.54) is 7.11 Å². The topological polar surface area (TPSA) is 78.3 Å². The Morgan fingerprint density at radius 1 is 1.53 bits per heavy atom. The minimum absolute atomic E-state index is 0.0352. The van der Waals surface area contributed by atoms with Gasteiger partial charge in [0.2, 0.25) is 5.91 Å². The third kappa shape index (κ3) is 3.24. The summed E-state index contributed by atoms with van der Waals surface area (Å²) in [5.41, 5.74) is 11.8. The molecule has 0 aliphatic heterocycles. The van der Waals surface area contributed by atoms with Crippen LogP contribution in [0.5, 0.6) is 5.75 Å². The molecule has 4 nitrogen and oxygen atoms in total. The summed E-state index contributed by atoms with van der Waals surface area (Å²) in [6.07, 6.45) is 0.0352. The van der Waals surface area contributed by atoms with Crippen molar-refractivity contribution in [2.45, 2.75) is 6.42 Å². The molecule has 0 aliphatic carbocycles. The molecule has 0 spiro atoms. The van der Waals surface area contributed by atoms with Crippen LogP contribution in [0.15, 0.2) is 18.2 Å². The molecule has 1 amide bonds. The highest BCUT2D eigenvalue weighted by molar-refractivity contribution is 5.76. The third-order valence-electron chi connectivity index (χ3n) is 1.71. The van der Waals surface area contributed by atoms with Crippen molar-refractivity contribution in [2.75, 3.05) is 12.8 Å². The van der Waals surface area contributed by atoms with Crippen molar-refractivity contribution in [3.05, 3.63) is 23.8 Å². The number of hydrogen-bond donors (Lipinski definition) is 2. The molecule has 0 saturated carbocycles. The van der Waals surface area contributed by atoms with Gasteiger partial charge < -0.3 is 16.2 Å². The lowest BCUT2D eigenvalue weighted by Gasteiger charge is -2.03. The highest BCUT2D eigenvalue weighted by atomic mass is 16.5. The SMILES string of the molecule is COc1cc(N)ccc1C#CCC(N)=O. The maximum Gasteiger partial charge on any atom is 0.229 e. The zero-order chi connectivity index (χ0) is 11.3. The van der Waals surface area contributed by atoms with Gasteiger partial charge in [0, 0.05) is 11.8 Å². The zero-order valence-corrected chi connectivity index (χ0v) is 8.41. The third-order valence-corrected chi connectivity index (χ3v) is 1.71. The smallest absolute Gasteiger partial charge is 0.229 e. The molecule has 0 heterocycles. The van der Waals surface area contributed by atoms with Gasteiger partial charge >= 0.3 is 0 Å². The quantitative estimate of drug-likeness (QED) is 0.544. The van der Waals surface area contributed by atoms with Gasteiger partial charge in [0.05, 0.1) is 19.1 Å². The van der Waals surface area contributed by atoms with E-state index < -0.39 is 5.91 Å². The molecule has 0 aromatic heterocycles. The standard InChI is InChI=1S/C11H12N2O2/c1-15-10-7-9(12)6-5-8(10)3-2-4-11(13)14/h5-7H,4,12H2,1H3,(H2,13,14). The van der Waals surface area contributed by atoms with E-state index in [1.54, 1.807) is 18.2 Å². The van der Waals surface area contributed by atoms with Crippen LogP contribution in [0.3, 0.4) is 0 Å². The van der Waals surface area contributed by atoms with Crippen LogP contribution < -0.4 is 16.2 Å². The summed E-state index contributed by atoms with van der Waals surface area (Å²) in [7, 11) is 1.54. The Bertz CT molecular complexity index is 430. The molecule has 1 aromatic rings. The van der Waals surface area contributed by atoms with Gasteiger partial charge in [-0.1, -0.05) is 11.8 Å². The Kier molecular flexibility index (Phi) is 3.58. The molecule has 0 atom stereocenters. The normalized spacial score (nSPS) is 8.87. The summed E-state index contributed by atoms with van der Waals surface area (Å²) in [5.74, 6) is 5.58. The van der Waals surface area contributed by atoms with Crippen LogP contribution in [0.25, 0.3) is 0 Å². The van der Waals surface area contributed by atoms with E-state index in [4.69, 9.17) is 16.2 Å². The van der Waals surface area contributed by atoms with Crippen molar-refractivity contribution < 1.29 is 9.53 Å². The van der Waals surface area contributed by atoms with E-state index >= 15 is 0 Å². The Hall–Kier alpha value is -2.15. The molecule has 0 aliphatic rings. The van der Waals surface area contributed by atoms with E-state index in [9.17, 15) is 4.79 Å². The number of amides is 1. The van der Waals surface area contributed by atoms with Crippen molar-refractivity contribution >= 4 is 11.6 Å². The first-order chi connectivity index (χ1) is 7.13. The summed E-state index contributed by atoms with van der Waals surface area (Å²) < 4.78 is 5.09. The number of anilines is 1. The average Bonchev–Trinajstić information content (AvgIpc) is 2.19. The molecule has 0 saturated heterocycles. The Balaban J connectivity index is 2.92. The Morgan fingerprint density at radius 2 is 2.27 bits per heavy atom. The van der Waals surface area contributed by atoms with Gasteiger partial charge in [-0.05, 0) is 12.1 Å². The molecule has 4 N–H and O–H groups in total. The Labute approximate surface area is 88.2 Å². The average molecular weight is 204 g/mol. The summed E-state index contributed by atoms with van der Waals surface area (Å²) >= 11 is 0. The number of ether oxygens (including phenoxy) is 1. The van der Waals surface area contributed by atoms with Gasteiger partial charge in [0.15, 0.2) is 0 Å². The van der Waals surface area contributed by atoms with Crippen molar-refractivity contribution in [3.63, 3.8) is 0 Å². The minimum Gasteiger partial charge on any atom is -0.495 e. The number of methoxy groups -OCH3 is 1. The maximum atomic E-state index is 10.5. The first kappa shape index (κ1) is 10.9. The second kappa shape index (κ2) is 4.91. The van der Waals surface area contributed by atoms with Crippen LogP contribution in [0, 0.1) is 11.8 Å². The molecule has 1 aromatic carbocycles. The van der Waals surface area contributed by atoms with E-state index in [1.807, 2.05) is 0 Å². The van der Waals surface area contributed by atoms with E-state index in [0.717, 1.165) is 0 Å². The molecule has 0 fully saturated rings. The number of carbonyl (C=O) groups excluding carboxylic acids is 1. The zero-order valence-electron chi connectivity index (χ0n) is 8.41. The van der Waals surface area contributed by atoms with Crippen molar-refractivity contribution in [3.8, 4) is 17.6 Å². The second-order valence-corrected chi connectivity index (χ2v) is 2.90. The van der Waals surface area contributed by atoms with Crippen LogP contribution >= 0.6 is 0 Å². The van der Waals surface area contributed by atoms with Gasteiger partial charge in [-0.3, -0.25) is 4.79 Å². The van der Waals surface area contributed by atoms with Crippen LogP contribution in [0.1, 0.15) is 12.0 Å². The highest BCUT2D eigenvalue weighted by Crippen LogP contribution is 2.20. The van der Waals surface area contributed by atoms with E-state index in [0.29, 0.717) is 17.0 Å². The Morgan fingerprint density at radius 3 is 2.87 bits per heavy atom. The number of primary amides is 1. The number of nitrogen functional groups attached to an aromatic ring is 1. The first-order valence-corrected chi connectivity index (χ1v) is 4.34. The first-order valence-electron chi connectivity index (χ1n) is 4.34. The lowest BCUT2D eigenvalue weighted by Crippen LogP contribution is -2.08. The van der Waals surface area contributed by atoms with Crippen LogP contribution in [0.4, 0.5) is 5.69 Å². The fourth-order valence-corrected chi connectivity index (χ4v) is 1.04. The minimum atomic E-state index is -0.447. The van der Waals surface area contributed by atoms with E-state index in [-0.39, 0.29) is 6.42 Å². The summed E-state index contributed by atoms with van der Waals surface area (Å²) in [6.45, 7) is 0. The number of rotatable bonds is 2. The molecule has 0 radical (unpaired) electrons. The molecule has 78 valence electrons. The highest BCUT2D eigenvalue weighted by Gasteiger charge is 1.99. The molecule has 1 rings (SSSR count).